The molecule has 242 valence electrons. The maximum atomic E-state index is 13.4. The van der Waals surface area contributed by atoms with Gasteiger partial charge in [0.15, 0.2) is 15.7 Å². The van der Waals surface area contributed by atoms with Crippen LogP contribution in [0.25, 0.3) is 0 Å². The van der Waals surface area contributed by atoms with Crippen LogP contribution >= 0.6 is 22.9 Å². The summed E-state index contributed by atoms with van der Waals surface area (Å²) in [5, 5.41) is 19.9. The van der Waals surface area contributed by atoms with E-state index in [2.05, 4.69) is 51.7 Å². The van der Waals surface area contributed by atoms with Crippen molar-refractivity contribution in [3.8, 4) is 11.5 Å². The molecule has 0 unspecified atom stereocenters. The first-order chi connectivity index (χ1) is 22.0. The number of hydrogen-bond acceptors (Lipinski definition) is 10. The Bertz CT molecular complexity index is 1900. The molecular formula is C32H34ClN6NaO5S2. The number of thiazole rings is 1. The Morgan fingerprint density at radius 1 is 1.02 bits per heavy atom. The number of benzene rings is 3. The predicted octanol–water partition coefficient (Wildman–Crippen LogP) is 5.78. The number of rotatable bonds is 13. The van der Waals surface area contributed by atoms with E-state index < -0.39 is 9.84 Å². The molecule has 0 aliphatic rings. The number of nitrogens with one attached hydrogen (secondary N) is 2. The zero-order valence-electron chi connectivity index (χ0n) is 25.5. The Hall–Kier alpha value is -3.33. The first-order valence-electron chi connectivity index (χ1n) is 14.4. The molecule has 0 radical (unpaired) electrons. The van der Waals surface area contributed by atoms with Crippen LogP contribution < -0.4 is 14.8 Å². The van der Waals surface area contributed by atoms with Crippen LogP contribution in [0, 0.1) is 0 Å². The zero-order chi connectivity index (χ0) is 32.7. The average Bonchev–Trinajstić information content (AvgIpc) is 3.73. The number of H-pyrrole nitrogens is 1. The summed E-state index contributed by atoms with van der Waals surface area (Å²) in [4.78, 5) is 18.3. The Morgan fingerprint density at radius 3 is 2.51 bits per heavy atom. The van der Waals surface area contributed by atoms with Gasteiger partial charge in [-0.15, -0.1) is 16.4 Å². The predicted molar refractivity (Wildman–Crippen MR) is 183 cm³/mol. The Balaban J connectivity index is 0.00000500. The number of anilines is 1. The fourth-order valence-corrected chi connectivity index (χ4v) is 6.73. The fraction of sp³-hybridized carbons (Fsp3) is 0.281. The SMILES string of the molecule is CC(C)(C)c1csc(COc2cccc(C(=O)Nc3cc(CCCS(=O)(=O)c4ccc(Cl)cc4)ccc3OCc3nnn[nH]3)c2)n1.[NaH]. The molecule has 0 spiro atoms. The molecule has 0 saturated carbocycles. The second-order valence-corrected chi connectivity index (χ2v) is 15.0. The van der Waals surface area contributed by atoms with Gasteiger partial charge in [-0.05, 0) is 83.4 Å². The molecular weight excluding hydrogens is 671 g/mol. The Labute approximate surface area is 304 Å². The quantitative estimate of drug-likeness (QED) is 0.146. The standard InChI is InChI=1S/C32H33ClN6O5S2.Na.H/c1-32(2,3)28-20-45-30(35-28)19-43-24-8-4-7-22(17-24)31(40)34-26-16-21(9-14-27(26)44-18-29-36-38-39-37-29)6-5-15-46(41,42)25-12-10-23(33)11-13-25;;/h4,7-14,16-17,20H,5-6,15,18-19H2,1-3H3,(H,34,40)(H,36,37,38,39);;. The number of ether oxygens (including phenoxy) is 2. The summed E-state index contributed by atoms with van der Waals surface area (Å²) in [5.74, 6) is 0.924. The molecule has 0 atom stereocenters. The first kappa shape index (κ1) is 36.5. The van der Waals surface area contributed by atoms with E-state index in [1.807, 2.05) is 11.4 Å². The number of aryl methyl sites for hydroxylation is 1. The molecule has 0 fully saturated rings. The van der Waals surface area contributed by atoms with Crippen LogP contribution in [-0.2, 0) is 34.9 Å². The van der Waals surface area contributed by atoms with Crippen LogP contribution in [0.5, 0.6) is 11.5 Å². The van der Waals surface area contributed by atoms with E-state index in [1.54, 1.807) is 48.5 Å². The molecule has 0 aliphatic heterocycles. The van der Waals surface area contributed by atoms with E-state index in [9.17, 15) is 13.2 Å². The Morgan fingerprint density at radius 2 is 1.81 bits per heavy atom. The van der Waals surface area contributed by atoms with Gasteiger partial charge in [-0.3, -0.25) is 4.79 Å². The van der Waals surface area contributed by atoms with Crippen LogP contribution in [0.1, 0.15) is 59.6 Å². The molecule has 3 aromatic carbocycles. The Kier molecular flexibility index (Phi) is 12.6. The summed E-state index contributed by atoms with van der Waals surface area (Å²) < 4.78 is 37.5. The number of amides is 1. The molecule has 0 aliphatic carbocycles. The zero-order valence-corrected chi connectivity index (χ0v) is 27.9. The minimum atomic E-state index is -3.48. The van der Waals surface area contributed by atoms with E-state index in [0.29, 0.717) is 46.4 Å². The van der Waals surface area contributed by atoms with E-state index in [1.165, 1.54) is 23.5 Å². The van der Waals surface area contributed by atoms with Crippen LogP contribution in [0.3, 0.4) is 0 Å². The summed E-state index contributed by atoms with van der Waals surface area (Å²) in [6.07, 6.45) is 0.830. The van der Waals surface area contributed by atoms with Crippen molar-refractivity contribution in [2.24, 2.45) is 0 Å². The van der Waals surface area contributed by atoms with Crippen LogP contribution in [0.15, 0.2) is 77.0 Å². The van der Waals surface area contributed by atoms with Gasteiger partial charge in [0.1, 0.15) is 29.7 Å². The van der Waals surface area contributed by atoms with Gasteiger partial charge >= 0.3 is 29.6 Å². The van der Waals surface area contributed by atoms with Crippen molar-refractivity contribution in [1.82, 2.24) is 25.6 Å². The van der Waals surface area contributed by atoms with Gasteiger partial charge in [-0.25, -0.2) is 18.5 Å². The molecule has 47 heavy (non-hydrogen) atoms. The van der Waals surface area contributed by atoms with Gasteiger partial charge in [-0.1, -0.05) is 44.5 Å². The molecule has 2 N–H and O–H groups in total. The fourth-order valence-electron chi connectivity index (χ4n) is 4.36. The summed E-state index contributed by atoms with van der Waals surface area (Å²) in [6, 6.07) is 18.3. The van der Waals surface area contributed by atoms with Crippen molar-refractivity contribution in [3.05, 3.63) is 105 Å². The van der Waals surface area contributed by atoms with Crippen LogP contribution in [0.4, 0.5) is 5.69 Å². The number of carbonyl (C=O) groups is 1. The van der Waals surface area contributed by atoms with Crippen LogP contribution in [-0.4, -0.2) is 75.2 Å². The van der Waals surface area contributed by atoms with E-state index in [0.717, 1.165) is 16.3 Å². The number of tetrazole rings is 1. The van der Waals surface area contributed by atoms with Gasteiger partial charge in [0.05, 0.1) is 22.0 Å². The molecule has 1 amide bonds. The molecule has 15 heteroatoms. The van der Waals surface area contributed by atoms with E-state index >= 15 is 0 Å². The van der Waals surface area contributed by atoms with Gasteiger partial charge in [-0.2, -0.15) is 0 Å². The van der Waals surface area contributed by atoms with Crippen molar-refractivity contribution in [2.75, 3.05) is 11.1 Å². The first-order valence-corrected chi connectivity index (χ1v) is 17.3. The summed E-state index contributed by atoms with van der Waals surface area (Å²) in [5.41, 5.74) is 2.59. The second kappa shape index (κ2) is 16.2. The van der Waals surface area contributed by atoms with Crippen molar-refractivity contribution < 1.29 is 22.7 Å². The van der Waals surface area contributed by atoms with Gasteiger partial charge in [0.25, 0.3) is 5.91 Å². The molecule has 2 heterocycles. The third-order valence-corrected chi connectivity index (χ3v) is 9.77. The topological polar surface area (TPSA) is 149 Å². The number of aromatic nitrogens is 5. The number of carbonyl (C=O) groups excluding carboxylic acids is 1. The van der Waals surface area contributed by atoms with Crippen molar-refractivity contribution in [2.45, 2.75) is 57.1 Å². The van der Waals surface area contributed by atoms with E-state index in [-0.39, 0.29) is 64.7 Å². The third kappa shape index (κ3) is 10.3. The number of aromatic amines is 1. The van der Waals surface area contributed by atoms with Gasteiger partial charge < -0.3 is 14.8 Å². The molecule has 5 rings (SSSR count). The third-order valence-electron chi connectivity index (χ3n) is 6.88. The van der Waals surface area contributed by atoms with E-state index in [4.69, 9.17) is 21.1 Å². The van der Waals surface area contributed by atoms with Crippen molar-refractivity contribution >= 4 is 73.9 Å². The van der Waals surface area contributed by atoms with Crippen molar-refractivity contribution in [1.29, 1.82) is 0 Å². The van der Waals surface area contributed by atoms with Gasteiger partial charge in [0, 0.05) is 21.4 Å². The number of nitrogens with zero attached hydrogens (tertiary/aromatic N) is 4. The molecule has 11 nitrogen and oxygen atoms in total. The number of sulfone groups is 1. The average molecular weight is 705 g/mol. The number of halogens is 1. The van der Waals surface area contributed by atoms with Crippen molar-refractivity contribution in [3.63, 3.8) is 0 Å². The summed E-state index contributed by atoms with van der Waals surface area (Å²) >= 11 is 7.44. The minimum absolute atomic E-state index is 0. The monoisotopic (exact) mass is 704 g/mol. The summed E-state index contributed by atoms with van der Waals surface area (Å²) in [6.45, 7) is 6.67. The normalized spacial score (nSPS) is 11.5. The second-order valence-electron chi connectivity index (χ2n) is 11.5. The molecule has 0 saturated heterocycles. The summed E-state index contributed by atoms with van der Waals surface area (Å²) in [7, 11) is -3.48. The van der Waals surface area contributed by atoms with Crippen LogP contribution in [0.2, 0.25) is 5.02 Å². The molecule has 2 aromatic heterocycles. The number of hydrogen-bond donors (Lipinski definition) is 2. The molecule has 5 aromatic rings. The molecule has 0 bridgehead atoms. The van der Waals surface area contributed by atoms with Gasteiger partial charge in [0.2, 0.25) is 0 Å². The maximum absolute atomic E-state index is 13.4.